The van der Waals surface area contributed by atoms with Gasteiger partial charge in [0.2, 0.25) is 5.91 Å². The van der Waals surface area contributed by atoms with Crippen LogP contribution in [0.15, 0.2) is 48.5 Å². The maximum absolute atomic E-state index is 14.4. The molecule has 0 spiro atoms. The van der Waals surface area contributed by atoms with E-state index in [1.165, 1.54) is 0 Å². The Morgan fingerprint density at radius 3 is 2.14 bits per heavy atom. The van der Waals surface area contributed by atoms with Crippen LogP contribution in [0.1, 0.15) is 55.3 Å². The van der Waals surface area contributed by atoms with E-state index in [1.807, 2.05) is 36.4 Å². The Bertz CT molecular complexity index is 1060. The van der Waals surface area contributed by atoms with Gasteiger partial charge < -0.3 is 20.3 Å². The number of ether oxygens (including phenoxy) is 1. The lowest BCUT2D eigenvalue weighted by atomic mass is 9.81. The summed E-state index contributed by atoms with van der Waals surface area (Å²) in [4.78, 5) is 28.3. The predicted octanol–water partition coefficient (Wildman–Crippen LogP) is 4.43. The van der Waals surface area contributed by atoms with E-state index in [0.29, 0.717) is 37.6 Å². The van der Waals surface area contributed by atoms with Crippen molar-refractivity contribution in [3.8, 4) is 16.9 Å². The Labute approximate surface area is 212 Å². The summed E-state index contributed by atoms with van der Waals surface area (Å²) in [5.41, 5.74) is 7.14. The number of benzene rings is 2. The van der Waals surface area contributed by atoms with Gasteiger partial charge in [-0.2, -0.15) is 0 Å². The Hall–Kier alpha value is -2.93. The largest absolute Gasteiger partial charge is 0.493 e. The second-order valence-corrected chi connectivity index (χ2v) is 10.7. The van der Waals surface area contributed by atoms with Gasteiger partial charge in [0.25, 0.3) is 5.91 Å². The van der Waals surface area contributed by atoms with Crippen molar-refractivity contribution in [1.82, 2.24) is 9.80 Å². The zero-order chi connectivity index (χ0) is 25.1. The van der Waals surface area contributed by atoms with Crippen molar-refractivity contribution >= 4 is 11.8 Å². The summed E-state index contributed by atoms with van der Waals surface area (Å²) in [5, 5.41) is 0. The van der Waals surface area contributed by atoms with Crippen LogP contribution in [-0.2, 0) is 4.79 Å². The number of rotatable bonds is 8. The Morgan fingerprint density at radius 1 is 0.917 bits per heavy atom. The molecule has 2 heterocycles. The van der Waals surface area contributed by atoms with E-state index >= 15 is 0 Å². The van der Waals surface area contributed by atoms with Crippen LogP contribution in [-0.4, -0.2) is 66.1 Å². The van der Waals surface area contributed by atoms with Gasteiger partial charge in [-0.15, -0.1) is 0 Å². The second kappa shape index (κ2) is 10.6. The molecule has 3 aliphatic rings. The highest BCUT2D eigenvalue weighted by atomic mass is 19.1. The van der Waals surface area contributed by atoms with Crippen LogP contribution in [0.3, 0.4) is 0 Å². The van der Waals surface area contributed by atoms with Gasteiger partial charge in [0, 0.05) is 18.7 Å². The summed E-state index contributed by atoms with van der Waals surface area (Å²) in [5.74, 6) is 0.762. The van der Waals surface area contributed by atoms with Gasteiger partial charge in [-0.3, -0.25) is 9.59 Å². The number of carbonyl (C=O) groups is 2. The third-order valence-corrected chi connectivity index (χ3v) is 8.11. The highest BCUT2D eigenvalue weighted by Gasteiger charge is 2.39. The molecule has 192 valence electrons. The second-order valence-electron chi connectivity index (χ2n) is 10.7. The van der Waals surface area contributed by atoms with E-state index in [0.717, 1.165) is 68.5 Å². The molecule has 7 heteroatoms. The fourth-order valence-electron chi connectivity index (χ4n) is 5.66. The lowest BCUT2D eigenvalue weighted by molar-refractivity contribution is -0.121. The number of primary amides is 1. The Morgan fingerprint density at radius 2 is 1.56 bits per heavy atom. The van der Waals surface area contributed by atoms with E-state index in [9.17, 15) is 14.0 Å². The maximum Gasteiger partial charge on any atom is 0.254 e. The number of carbonyl (C=O) groups excluding carboxylic acids is 2. The molecule has 2 aliphatic heterocycles. The van der Waals surface area contributed by atoms with Gasteiger partial charge in [-0.05, 0) is 99.3 Å². The van der Waals surface area contributed by atoms with Crippen LogP contribution in [0.5, 0.6) is 5.75 Å². The number of amides is 2. The molecule has 2 saturated heterocycles. The minimum atomic E-state index is -0.928. The fraction of sp³-hybridized carbons (Fsp3) is 0.517. The van der Waals surface area contributed by atoms with E-state index in [4.69, 9.17) is 10.5 Å². The molecule has 0 aromatic heterocycles. The monoisotopic (exact) mass is 493 g/mol. The average molecular weight is 494 g/mol. The SMILES string of the molecule is NC(=O)C1CCCN1C(=O)c1ccc(-c2ccc(OCC3CCN(CC4(F)CCC4)CC3)cc2)cc1. The number of nitrogens with two attached hydrogens (primary N) is 1. The molecular weight excluding hydrogens is 457 g/mol. The van der Waals surface area contributed by atoms with Crippen molar-refractivity contribution in [1.29, 1.82) is 0 Å². The molecule has 2 aromatic carbocycles. The van der Waals surface area contributed by atoms with Crippen molar-refractivity contribution in [3.63, 3.8) is 0 Å². The van der Waals surface area contributed by atoms with E-state index in [-0.39, 0.29) is 5.91 Å². The highest BCUT2D eigenvalue weighted by Crippen LogP contribution is 2.37. The van der Waals surface area contributed by atoms with Gasteiger partial charge in [0.1, 0.15) is 17.5 Å². The van der Waals surface area contributed by atoms with Gasteiger partial charge in [0.15, 0.2) is 0 Å². The number of alkyl halides is 1. The van der Waals surface area contributed by atoms with Crippen LogP contribution in [0.2, 0.25) is 0 Å². The highest BCUT2D eigenvalue weighted by molar-refractivity contribution is 5.98. The molecule has 2 N–H and O–H groups in total. The van der Waals surface area contributed by atoms with Crippen LogP contribution in [0.4, 0.5) is 4.39 Å². The van der Waals surface area contributed by atoms with E-state index in [2.05, 4.69) is 4.90 Å². The molecule has 6 nitrogen and oxygen atoms in total. The third kappa shape index (κ3) is 5.56. The van der Waals surface area contributed by atoms with Crippen molar-refractivity contribution in [2.45, 2.75) is 56.7 Å². The number of halogens is 1. The van der Waals surface area contributed by atoms with Crippen LogP contribution in [0.25, 0.3) is 11.1 Å². The standard InChI is InChI=1S/C29H36FN3O3/c30-29(14-2-15-29)20-32-17-12-21(13-18-32)19-36-25-10-8-23(9-11-25)22-4-6-24(7-5-22)28(35)33-16-1-3-26(33)27(31)34/h4-11,21,26H,1-3,12-20H2,(H2,31,34). The van der Waals surface area contributed by atoms with Crippen LogP contribution < -0.4 is 10.5 Å². The molecule has 2 amide bonds. The van der Waals surface area contributed by atoms with Gasteiger partial charge >= 0.3 is 0 Å². The molecule has 0 bridgehead atoms. The van der Waals surface area contributed by atoms with Crippen molar-refractivity contribution in [2.75, 3.05) is 32.8 Å². The summed E-state index contributed by atoms with van der Waals surface area (Å²) < 4.78 is 20.4. The summed E-state index contributed by atoms with van der Waals surface area (Å²) in [6.45, 7) is 3.76. The quantitative estimate of drug-likeness (QED) is 0.591. The molecule has 1 unspecified atom stereocenters. The first-order valence-electron chi connectivity index (χ1n) is 13.3. The summed E-state index contributed by atoms with van der Waals surface area (Å²) in [6, 6.07) is 15.0. The molecule has 2 aromatic rings. The van der Waals surface area contributed by atoms with Gasteiger partial charge in [-0.1, -0.05) is 24.3 Å². The molecule has 0 radical (unpaired) electrons. The van der Waals surface area contributed by atoms with Crippen LogP contribution in [0, 0.1) is 5.92 Å². The molecule has 1 saturated carbocycles. The first kappa shape index (κ1) is 24.8. The Balaban J connectivity index is 1.10. The molecule has 1 aliphatic carbocycles. The first-order valence-corrected chi connectivity index (χ1v) is 13.3. The van der Waals surface area contributed by atoms with Crippen molar-refractivity contribution in [2.24, 2.45) is 11.7 Å². The minimum Gasteiger partial charge on any atom is -0.493 e. The lowest BCUT2D eigenvalue weighted by Crippen LogP contribution is -2.47. The van der Waals surface area contributed by atoms with Gasteiger partial charge in [0.05, 0.1) is 6.61 Å². The summed E-state index contributed by atoms with van der Waals surface area (Å²) >= 11 is 0. The third-order valence-electron chi connectivity index (χ3n) is 8.11. The smallest absolute Gasteiger partial charge is 0.254 e. The number of likely N-dealkylation sites (tertiary alicyclic amines) is 2. The molecule has 3 fully saturated rings. The molecule has 5 rings (SSSR count). The summed E-state index contributed by atoms with van der Waals surface area (Å²) in [7, 11) is 0. The normalized spacial score (nSPS) is 22.2. The predicted molar refractivity (Wildman–Crippen MR) is 137 cm³/mol. The fourth-order valence-corrected chi connectivity index (χ4v) is 5.66. The average Bonchev–Trinajstić information content (AvgIpc) is 3.38. The van der Waals surface area contributed by atoms with Crippen molar-refractivity contribution < 1.29 is 18.7 Å². The maximum atomic E-state index is 14.4. The molecule has 36 heavy (non-hydrogen) atoms. The van der Waals surface area contributed by atoms with E-state index in [1.54, 1.807) is 17.0 Å². The number of hydrogen-bond donors (Lipinski definition) is 1. The van der Waals surface area contributed by atoms with Gasteiger partial charge in [-0.25, -0.2) is 4.39 Å². The summed E-state index contributed by atoms with van der Waals surface area (Å²) in [6.07, 6.45) is 6.02. The lowest BCUT2D eigenvalue weighted by Gasteiger charge is -2.41. The first-order chi connectivity index (χ1) is 17.4. The number of nitrogens with zero attached hydrogens (tertiary/aromatic N) is 2. The molecular formula is C29H36FN3O3. The zero-order valence-corrected chi connectivity index (χ0v) is 20.8. The van der Waals surface area contributed by atoms with E-state index < -0.39 is 17.6 Å². The Kier molecular flexibility index (Phi) is 7.28. The zero-order valence-electron chi connectivity index (χ0n) is 20.8. The number of hydrogen-bond acceptors (Lipinski definition) is 4. The molecule has 1 atom stereocenters. The topological polar surface area (TPSA) is 75.9 Å². The minimum absolute atomic E-state index is 0.148. The van der Waals surface area contributed by atoms with Crippen LogP contribution >= 0.6 is 0 Å². The van der Waals surface area contributed by atoms with Crippen molar-refractivity contribution in [3.05, 3.63) is 54.1 Å². The number of piperidine rings is 1.